The molecule has 0 aliphatic rings. The van der Waals surface area contributed by atoms with E-state index in [1.54, 1.807) is 50.9 Å². The second-order valence-corrected chi connectivity index (χ2v) is 9.20. The first-order valence-corrected chi connectivity index (χ1v) is 11.1. The zero-order chi connectivity index (χ0) is 25.8. The monoisotopic (exact) mass is 478 g/mol. The number of carbonyl (C=O) groups is 3. The van der Waals surface area contributed by atoms with E-state index in [1.807, 2.05) is 30.3 Å². The first-order valence-electron chi connectivity index (χ1n) is 11.1. The number of hydrogen-bond acceptors (Lipinski definition) is 5. The maximum Gasteiger partial charge on any atom is 0.415 e. The Bertz CT molecular complexity index is 1200. The zero-order valence-electron chi connectivity index (χ0n) is 20.6. The molecule has 0 aliphatic heterocycles. The van der Waals surface area contributed by atoms with Gasteiger partial charge in [-0.05, 0) is 44.0 Å². The van der Waals surface area contributed by atoms with Crippen LogP contribution in [0.3, 0.4) is 0 Å². The maximum absolute atomic E-state index is 13.6. The smallest absolute Gasteiger partial charge is 0.415 e. The quantitative estimate of drug-likeness (QED) is 0.542. The van der Waals surface area contributed by atoms with Crippen molar-refractivity contribution >= 4 is 23.8 Å². The predicted octanol–water partition coefficient (Wildman–Crippen LogP) is 4.33. The van der Waals surface area contributed by atoms with Gasteiger partial charge in [0.1, 0.15) is 11.3 Å². The Labute approximate surface area is 204 Å². The molecule has 35 heavy (non-hydrogen) atoms. The maximum atomic E-state index is 13.6. The summed E-state index contributed by atoms with van der Waals surface area (Å²) in [5.41, 5.74) is 1.54. The number of carboxylic acid groups (broad SMARTS) is 1. The van der Waals surface area contributed by atoms with Gasteiger partial charge < -0.3 is 14.7 Å². The molecule has 0 bridgehead atoms. The molecule has 0 saturated carbocycles. The van der Waals surface area contributed by atoms with Crippen LogP contribution in [-0.4, -0.2) is 50.4 Å². The van der Waals surface area contributed by atoms with Crippen LogP contribution in [0, 0.1) is 0 Å². The normalized spacial score (nSPS) is 11.1. The van der Waals surface area contributed by atoms with E-state index >= 15 is 0 Å². The molecule has 0 fully saturated rings. The summed E-state index contributed by atoms with van der Waals surface area (Å²) < 4.78 is 6.83. The van der Waals surface area contributed by atoms with Crippen molar-refractivity contribution in [2.75, 3.05) is 11.9 Å². The number of ether oxygens (including phenoxy) is 1. The summed E-state index contributed by atoms with van der Waals surface area (Å²) >= 11 is 0. The lowest BCUT2D eigenvalue weighted by molar-refractivity contribution is 0.0586. The number of nitrogens with zero attached hydrogens (tertiary/aromatic N) is 4. The summed E-state index contributed by atoms with van der Waals surface area (Å²) in [5.74, 6) is -1.00. The molecule has 3 rings (SSSR count). The summed E-state index contributed by atoms with van der Waals surface area (Å²) in [5, 5.41) is 13.5. The Morgan fingerprint density at radius 1 is 0.971 bits per heavy atom. The van der Waals surface area contributed by atoms with Crippen LogP contribution < -0.4 is 4.90 Å². The Kier molecular flexibility index (Phi) is 7.58. The number of rotatable bonds is 7. The first-order chi connectivity index (χ1) is 16.4. The Morgan fingerprint density at radius 2 is 1.54 bits per heavy atom. The lowest BCUT2D eigenvalue weighted by atomic mass is 10.1. The number of anilines is 1. The summed E-state index contributed by atoms with van der Waals surface area (Å²) in [6, 6.07) is 17.5. The van der Waals surface area contributed by atoms with E-state index in [4.69, 9.17) is 9.84 Å². The summed E-state index contributed by atoms with van der Waals surface area (Å²) in [4.78, 5) is 40.2. The average Bonchev–Trinajstić information content (AvgIpc) is 3.19. The highest BCUT2D eigenvalue weighted by atomic mass is 16.6. The number of aromatic carboxylic acids is 1. The third-order valence-corrected chi connectivity index (χ3v) is 5.17. The largest absolute Gasteiger partial charge is 0.478 e. The zero-order valence-corrected chi connectivity index (χ0v) is 20.6. The Morgan fingerprint density at radius 3 is 2.09 bits per heavy atom. The standard InChI is InChI=1S/C26H30N4O5/c1-26(2,3)35-25(34)28(4)22-15-21(29(5)27-22)23(31)30(16-18-9-7-6-8-10-18)17-19-11-13-20(14-12-19)24(32)33/h6-15H,16-17H2,1-5H3,(H,32,33). The Balaban J connectivity index is 1.88. The molecule has 2 amide bonds. The third-order valence-electron chi connectivity index (χ3n) is 5.17. The fourth-order valence-corrected chi connectivity index (χ4v) is 3.38. The van der Waals surface area contributed by atoms with Crippen LogP contribution in [0.5, 0.6) is 0 Å². The second-order valence-electron chi connectivity index (χ2n) is 9.20. The molecule has 2 aromatic carbocycles. The number of hydrogen-bond donors (Lipinski definition) is 1. The molecule has 0 unspecified atom stereocenters. The second kappa shape index (κ2) is 10.4. The van der Waals surface area contributed by atoms with Gasteiger partial charge in [-0.3, -0.25) is 14.4 Å². The fourth-order valence-electron chi connectivity index (χ4n) is 3.38. The number of carbonyl (C=O) groups excluding carboxylic acids is 2. The van der Waals surface area contributed by atoms with Gasteiger partial charge in [0.05, 0.1) is 5.56 Å². The molecular formula is C26H30N4O5. The lowest BCUT2D eigenvalue weighted by Crippen LogP contribution is -2.34. The van der Waals surface area contributed by atoms with Gasteiger partial charge in [-0.15, -0.1) is 0 Å². The molecule has 0 spiro atoms. The van der Waals surface area contributed by atoms with Crippen LogP contribution in [0.4, 0.5) is 10.6 Å². The fraction of sp³-hybridized carbons (Fsp3) is 0.308. The van der Waals surface area contributed by atoms with Crippen LogP contribution in [0.15, 0.2) is 60.7 Å². The van der Waals surface area contributed by atoms with Gasteiger partial charge >= 0.3 is 12.1 Å². The van der Waals surface area contributed by atoms with Gasteiger partial charge in [-0.1, -0.05) is 42.5 Å². The van der Waals surface area contributed by atoms with E-state index in [1.165, 1.54) is 28.8 Å². The molecule has 1 aromatic heterocycles. The molecule has 0 aliphatic carbocycles. The van der Waals surface area contributed by atoms with Gasteiger partial charge in [0.25, 0.3) is 5.91 Å². The van der Waals surface area contributed by atoms with E-state index in [2.05, 4.69) is 5.10 Å². The molecule has 0 atom stereocenters. The number of aromatic nitrogens is 2. The lowest BCUT2D eigenvalue weighted by Gasteiger charge is -2.23. The van der Waals surface area contributed by atoms with E-state index < -0.39 is 17.7 Å². The molecule has 9 nitrogen and oxygen atoms in total. The predicted molar refractivity (Wildman–Crippen MR) is 131 cm³/mol. The summed E-state index contributed by atoms with van der Waals surface area (Å²) in [7, 11) is 3.18. The molecule has 1 heterocycles. The van der Waals surface area contributed by atoms with Crippen molar-refractivity contribution in [3.8, 4) is 0 Å². The summed E-state index contributed by atoms with van der Waals surface area (Å²) in [6.07, 6.45) is -0.575. The average molecular weight is 479 g/mol. The van der Waals surface area contributed by atoms with Crippen LogP contribution in [0.25, 0.3) is 0 Å². The highest BCUT2D eigenvalue weighted by Crippen LogP contribution is 2.20. The van der Waals surface area contributed by atoms with Gasteiger partial charge in [-0.2, -0.15) is 5.10 Å². The molecule has 1 N–H and O–H groups in total. The molecule has 184 valence electrons. The van der Waals surface area contributed by atoms with Crippen LogP contribution in [-0.2, 0) is 24.9 Å². The van der Waals surface area contributed by atoms with Crippen molar-refractivity contribution in [2.45, 2.75) is 39.5 Å². The molecule has 9 heteroatoms. The van der Waals surface area contributed by atoms with Gasteiger partial charge in [-0.25, -0.2) is 9.59 Å². The first kappa shape index (κ1) is 25.5. The van der Waals surface area contributed by atoms with Crippen LogP contribution >= 0.6 is 0 Å². The van der Waals surface area contributed by atoms with E-state index in [-0.39, 0.29) is 23.8 Å². The highest BCUT2D eigenvalue weighted by Gasteiger charge is 2.26. The molecule has 0 radical (unpaired) electrons. The van der Waals surface area contributed by atoms with Crippen molar-refractivity contribution in [1.82, 2.24) is 14.7 Å². The van der Waals surface area contributed by atoms with Crippen molar-refractivity contribution in [2.24, 2.45) is 7.05 Å². The Hall–Kier alpha value is -4.14. The third kappa shape index (κ3) is 6.69. The van der Waals surface area contributed by atoms with Crippen molar-refractivity contribution < 1.29 is 24.2 Å². The minimum atomic E-state index is -1.01. The minimum Gasteiger partial charge on any atom is -0.478 e. The number of carboxylic acids is 1. The van der Waals surface area contributed by atoms with Crippen molar-refractivity contribution in [3.63, 3.8) is 0 Å². The van der Waals surface area contributed by atoms with E-state index in [9.17, 15) is 14.4 Å². The minimum absolute atomic E-state index is 0.177. The topological polar surface area (TPSA) is 105 Å². The summed E-state index contributed by atoms with van der Waals surface area (Å²) in [6.45, 7) is 5.92. The van der Waals surface area contributed by atoms with Gasteiger partial charge in [0.2, 0.25) is 0 Å². The molecule has 3 aromatic rings. The molecule has 0 saturated heterocycles. The number of benzene rings is 2. The van der Waals surface area contributed by atoms with Gasteiger partial charge in [0.15, 0.2) is 5.82 Å². The van der Waals surface area contributed by atoms with Crippen molar-refractivity contribution in [1.29, 1.82) is 0 Å². The van der Waals surface area contributed by atoms with Crippen LogP contribution in [0.2, 0.25) is 0 Å². The number of amides is 2. The molecular weight excluding hydrogens is 448 g/mol. The van der Waals surface area contributed by atoms with Gasteiger partial charge in [0, 0.05) is 33.3 Å². The van der Waals surface area contributed by atoms with E-state index in [0.717, 1.165) is 11.1 Å². The SMILES string of the molecule is CN(C(=O)OC(C)(C)C)c1cc(C(=O)N(Cc2ccccc2)Cc2ccc(C(=O)O)cc2)n(C)n1. The number of aryl methyl sites for hydroxylation is 1. The van der Waals surface area contributed by atoms with Crippen LogP contribution in [0.1, 0.15) is 52.7 Å². The van der Waals surface area contributed by atoms with E-state index in [0.29, 0.717) is 12.2 Å². The highest BCUT2D eigenvalue weighted by molar-refractivity contribution is 5.95. The van der Waals surface area contributed by atoms with Crippen molar-refractivity contribution in [3.05, 3.63) is 83.0 Å².